The van der Waals surface area contributed by atoms with Crippen LogP contribution in [0.3, 0.4) is 0 Å². The summed E-state index contributed by atoms with van der Waals surface area (Å²) in [4.78, 5) is 45.6. The van der Waals surface area contributed by atoms with Gasteiger partial charge in [0.1, 0.15) is 17.0 Å². The molecule has 1 aromatic carbocycles. The zero-order valence-electron chi connectivity index (χ0n) is 18.1. The van der Waals surface area contributed by atoms with Gasteiger partial charge >= 0.3 is 11.9 Å². The fourth-order valence-electron chi connectivity index (χ4n) is 3.15. The van der Waals surface area contributed by atoms with Crippen molar-refractivity contribution in [3.05, 3.63) is 50.9 Å². The van der Waals surface area contributed by atoms with E-state index in [1.165, 1.54) is 11.3 Å². The fourth-order valence-corrected chi connectivity index (χ4v) is 5.40. The van der Waals surface area contributed by atoms with Crippen LogP contribution in [-0.4, -0.2) is 55.3 Å². The van der Waals surface area contributed by atoms with E-state index in [2.05, 4.69) is 10.0 Å². The molecule has 1 heterocycles. The Balaban J connectivity index is 1.99. The van der Waals surface area contributed by atoms with E-state index >= 15 is 0 Å². The number of halogens is 2. The minimum absolute atomic E-state index is 0.123. The van der Waals surface area contributed by atoms with Gasteiger partial charge < -0.3 is 20.3 Å². The van der Waals surface area contributed by atoms with E-state index in [0.29, 0.717) is 29.7 Å². The Morgan fingerprint density at radius 3 is 2.49 bits per heavy atom. The number of rotatable bonds is 14. The Hall–Kier alpha value is -2.87. The lowest BCUT2D eigenvalue weighted by Gasteiger charge is -2.18. The van der Waals surface area contributed by atoms with E-state index in [1.807, 2.05) is 0 Å². The number of carboxylic acid groups (broad SMARTS) is 2. The topological polar surface area (TPSA) is 167 Å². The Morgan fingerprint density at radius 2 is 1.91 bits per heavy atom. The zero-order chi connectivity index (χ0) is 26.2. The van der Waals surface area contributed by atoms with Crippen molar-refractivity contribution < 1.29 is 42.2 Å². The van der Waals surface area contributed by atoms with Gasteiger partial charge in [-0.15, -0.1) is 11.3 Å². The van der Waals surface area contributed by atoms with Crippen molar-refractivity contribution in [1.82, 2.24) is 10.0 Å². The van der Waals surface area contributed by atoms with Crippen LogP contribution in [0.2, 0.25) is 5.02 Å². The van der Waals surface area contributed by atoms with Gasteiger partial charge in [-0.05, 0) is 36.4 Å². The van der Waals surface area contributed by atoms with Crippen LogP contribution in [0.5, 0.6) is 0 Å². The van der Waals surface area contributed by atoms with Gasteiger partial charge in [-0.25, -0.2) is 22.3 Å². The van der Waals surface area contributed by atoms with E-state index in [0.717, 1.165) is 0 Å². The summed E-state index contributed by atoms with van der Waals surface area (Å²) >= 11 is 6.94. The minimum atomic E-state index is -4.37. The number of nitrogens with one attached hydrogen (secondary N) is 2. The summed E-state index contributed by atoms with van der Waals surface area (Å²) in [5, 5.41) is 21.6. The van der Waals surface area contributed by atoms with Gasteiger partial charge in [-0.2, -0.15) is 0 Å². The highest BCUT2D eigenvalue weighted by atomic mass is 35.5. The molecule has 2 atom stereocenters. The molecule has 2 rings (SSSR count). The lowest BCUT2D eigenvalue weighted by atomic mass is 9.98. The lowest BCUT2D eigenvalue weighted by molar-refractivity contribution is -0.138. The second-order valence-corrected chi connectivity index (χ2v) is 10.5. The van der Waals surface area contributed by atoms with Crippen molar-refractivity contribution in [2.75, 3.05) is 6.54 Å². The summed E-state index contributed by atoms with van der Waals surface area (Å²) in [7, 11) is -4.37. The fraction of sp³-hybridized carbons (Fsp3) is 0.333. The molecule has 190 valence electrons. The zero-order valence-corrected chi connectivity index (χ0v) is 20.5. The maximum Gasteiger partial charge on any atom is 0.337 e. The molecule has 1 aromatic heterocycles. The average Bonchev–Trinajstić information content (AvgIpc) is 3.29. The quantitative estimate of drug-likeness (QED) is 0.206. The number of benzene rings is 1. The Labute approximate surface area is 209 Å². The molecule has 0 saturated heterocycles. The normalized spacial score (nSPS) is 13.1. The summed E-state index contributed by atoms with van der Waals surface area (Å²) < 4.78 is 41.2. The third-order valence-electron chi connectivity index (χ3n) is 4.84. The van der Waals surface area contributed by atoms with Gasteiger partial charge in [0.2, 0.25) is 15.9 Å². The van der Waals surface area contributed by atoms with E-state index in [1.54, 1.807) is 17.5 Å². The van der Waals surface area contributed by atoms with Gasteiger partial charge in [0.05, 0.1) is 29.0 Å². The van der Waals surface area contributed by atoms with Crippen molar-refractivity contribution in [3.8, 4) is 0 Å². The molecular weight excluding hydrogens is 527 g/mol. The van der Waals surface area contributed by atoms with E-state index in [9.17, 15) is 32.0 Å². The molecule has 35 heavy (non-hydrogen) atoms. The molecule has 4 N–H and O–H groups in total. The van der Waals surface area contributed by atoms with Crippen LogP contribution in [0.1, 0.15) is 46.8 Å². The standard InChI is InChI=1S/C21H22ClFN2O8S2/c22-15-10-16(23)18(9-14(15)21(30)31)35(32,33)24-6-2-1-4-13(17-5-3-7-34-17)20(29)25-12(11-26)8-19(27)28/h3,5,7,9-13,24H,1-2,4,6,8H2,(H,25,29)(H,27,28)(H,30,31)/t12-,13?/m0/s1. The van der Waals surface area contributed by atoms with Gasteiger partial charge in [0, 0.05) is 11.4 Å². The number of carboxylic acids is 2. The second kappa shape index (κ2) is 12.7. The molecule has 1 amide bonds. The summed E-state index contributed by atoms with van der Waals surface area (Å²) in [6.45, 7) is -0.123. The summed E-state index contributed by atoms with van der Waals surface area (Å²) in [5.41, 5.74) is -0.560. The van der Waals surface area contributed by atoms with E-state index in [-0.39, 0.29) is 19.4 Å². The van der Waals surface area contributed by atoms with Crippen LogP contribution in [-0.2, 0) is 24.4 Å². The number of carbonyl (C=O) groups excluding carboxylic acids is 2. The van der Waals surface area contributed by atoms with Crippen molar-refractivity contribution in [1.29, 1.82) is 0 Å². The van der Waals surface area contributed by atoms with Crippen molar-refractivity contribution in [2.45, 2.75) is 42.5 Å². The molecule has 0 spiro atoms. The molecule has 0 bridgehead atoms. The number of hydrogen-bond acceptors (Lipinski definition) is 7. The maximum atomic E-state index is 14.1. The van der Waals surface area contributed by atoms with Crippen LogP contribution in [0.15, 0.2) is 34.5 Å². The Kier molecular flexibility index (Phi) is 10.3. The maximum absolute atomic E-state index is 14.1. The first-order valence-electron chi connectivity index (χ1n) is 10.2. The molecule has 0 aliphatic rings. The van der Waals surface area contributed by atoms with Gasteiger partial charge in [-0.1, -0.05) is 24.1 Å². The first kappa shape index (κ1) is 28.4. The van der Waals surface area contributed by atoms with Crippen LogP contribution < -0.4 is 10.0 Å². The molecule has 0 aliphatic heterocycles. The third-order valence-corrected chi connectivity index (χ3v) is 7.62. The van der Waals surface area contributed by atoms with Crippen molar-refractivity contribution in [2.24, 2.45) is 0 Å². The Morgan fingerprint density at radius 1 is 1.20 bits per heavy atom. The predicted molar refractivity (Wildman–Crippen MR) is 125 cm³/mol. The number of aliphatic carboxylic acids is 1. The molecule has 2 aromatic rings. The third kappa shape index (κ3) is 8.09. The van der Waals surface area contributed by atoms with Crippen LogP contribution in [0.25, 0.3) is 0 Å². The smallest absolute Gasteiger partial charge is 0.337 e. The first-order valence-corrected chi connectivity index (χ1v) is 12.9. The molecule has 10 nitrogen and oxygen atoms in total. The SMILES string of the molecule is O=C[C@H](CC(=O)O)NC(=O)C(CCCCNS(=O)(=O)c1cc(C(=O)O)c(Cl)cc1F)c1cccs1. The molecular formula is C21H22ClFN2O8S2. The van der Waals surface area contributed by atoms with Crippen LogP contribution in [0, 0.1) is 5.82 Å². The highest BCUT2D eigenvalue weighted by Gasteiger charge is 2.26. The summed E-state index contributed by atoms with van der Waals surface area (Å²) in [6.07, 6.45) is 0.663. The minimum Gasteiger partial charge on any atom is -0.481 e. The highest BCUT2D eigenvalue weighted by Crippen LogP contribution is 2.27. The number of aromatic carboxylic acids is 1. The number of thiophene rings is 1. The number of sulfonamides is 1. The van der Waals surface area contributed by atoms with Gasteiger partial charge in [-0.3, -0.25) is 9.59 Å². The van der Waals surface area contributed by atoms with Gasteiger partial charge in [0.15, 0.2) is 0 Å². The van der Waals surface area contributed by atoms with E-state index in [4.69, 9.17) is 21.8 Å². The lowest BCUT2D eigenvalue weighted by Crippen LogP contribution is -2.40. The first-order chi connectivity index (χ1) is 16.5. The number of hydrogen-bond donors (Lipinski definition) is 4. The van der Waals surface area contributed by atoms with E-state index < -0.39 is 67.5 Å². The molecule has 0 radical (unpaired) electrons. The summed E-state index contributed by atoms with van der Waals surface area (Å²) in [5.74, 6) is -5.17. The monoisotopic (exact) mass is 548 g/mol. The molecule has 0 saturated carbocycles. The number of unbranched alkanes of at least 4 members (excludes halogenated alkanes) is 1. The largest absolute Gasteiger partial charge is 0.481 e. The summed E-state index contributed by atoms with van der Waals surface area (Å²) in [6, 6.07) is 3.52. The molecule has 1 unspecified atom stereocenters. The van der Waals surface area contributed by atoms with Crippen molar-refractivity contribution in [3.63, 3.8) is 0 Å². The number of amides is 1. The molecule has 0 aliphatic carbocycles. The average molecular weight is 549 g/mol. The second-order valence-electron chi connectivity index (χ2n) is 7.38. The number of carbonyl (C=O) groups is 4. The van der Waals surface area contributed by atoms with Crippen molar-refractivity contribution >= 4 is 57.1 Å². The Bertz CT molecular complexity index is 1190. The highest BCUT2D eigenvalue weighted by molar-refractivity contribution is 7.89. The molecule has 0 fully saturated rings. The van der Waals surface area contributed by atoms with Gasteiger partial charge in [0.25, 0.3) is 0 Å². The van der Waals surface area contributed by atoms with Crippen LogP contribution in [0.4, 0.5) is 4.39 Å². The molecule has 14 heteroatoms. The predicted octanol–water partition coefficient (Wildman–Crippen LogP) is 2.63. The number of aldehydes is 1. The van der Waals surface area contributed by atoms with Crippen LogP contribution >= 0.6 is 22.9 Å².